The first-order valence-electron chi connectivity index (χ1n) is 4.74. The average molecular weight is 197 g/mol. The first kappa shape index (κ1) is 10.8. The molecule has 1 aliphatic carbocycles. The minimum atomic E-state index is -0.182. The molecular weight excluding hydrogens is 182 g/mol. The maximum absolute atomic E-state index is 11.4. The SMILES string of the molecule is CCOC(=O)C1CC/C(=N\O)C=C1C. The molecule has 1 N–H and O–H groups in total. The Balaban J connectivity index is 2.71. The minimum absolute atomic E-state index is 0.166. The summed E-state index contributed by atoms with van der Waals surface area (Å²) in [6.45, 7) is 4.05. The molecule has 0 spiro atoms. The van der Waals surface area contributed by atoms with Crippen molar-refractivity contribution in [2.45, 2.75) is 26.7 Å². The van der Waals surface area contributed by atoms with E-state index in [0.717, 1.165) is 5.57 Å². The maximum atomic E-state index is 11.4. The standard InChI is InChI=1S/C10H15NO3/c1-3-14-10(12)9-5-4-8(11-13)6-7(9)2/h6,9,13H,3-5H2,1-2H3/b11-8+. The van der Waals surface area contributed by atoms with Gasteiger partial charge in [0.25, 0.3) is 0 Å². The van der Waals surface area contributed by atoms with Gasteiger partial charge in [0.15, 0.2) is 0 Å². The Bertz CT molecular complexity index is 281. The molecule has 0 radical (unpaired) electrons. The van der Waals surface area contributed by atoms with Gasteiger partial charge < -0.3 is 9.94 Å². The zero-order chi connectivity index (χ0) is 10.6. The zero-order valence-electron chi connectivity index (χ0n) is 8.49. The van der Waals surface area contributed by atoms with Crippen LogP contribution in [0.5, 0.6) is 0 Å². The maximum Gasteiger partial charge on any atom is 0.313 e. The number of allylic oxidation sites excluding steroid dienone is 1. The number of esters is 1. The Morgan fingerprint density at radius 3 is 3.00 bits per heavy atom. The molecule has 0 amide bonds. The Labute approximate surface area is 83.2 Å². The quantitative estimate of drug-likeness (QED) is 0.416. The van der Waals surface area contributed by atoms with Crippen LogP contribution >= 0.6 is 0 Å². The first-order valence-corrected chi connectivity index (χ1v) is 4.74. The van der Waals surface area contributed by atoms with Gasteiger partial charge in [0.1, 0.15) is 0 Å². The molecule has 0 heterocycles. The number of hydrogen-bond acceptors (Lipinski definition) is 4. The highest BCUT2D eigenvalue weighted by Crippen LogP contribution is 2.24. The van der Waals surface area contributed by atoms with Gasteiger partial charge in [0, 0.05) is 0 Å². The van der Waals surface area contributed by atoms with Crippen molar-refractivity contribution in [3.63, 3.8) is 0 Å². The summed E-state index contributed by atoms with van der Waals surface area (Å²) >= 11 is 0. The van der Waals surface area contributed by atoms with Crippen molar-refractivity contribution in [3.05, 3.63) is 11.6 Å². The highest BCUT2D eigenvalue weighted by molar-refractivity contribution is 5.97. The second-order valence-electron chi connectivity index (χ2n) is 3.32. The monoisotopic (exact) mass is 197 g/mol. The summed E-state index contributed by atoms with van der Waals surface area (Å²) in [7, 11) is 0. The second-order valence-corrected chi connectivity index (χ2v) is 3.32. The lowest BCUT2D eigenvalue weighted by Crippen LogP contribution is -2.23. The van der Waals surface area contributed by atoms with E-state index in [0.29, 0.717) is 25.2 Å². The van der Waals surface area contributed by atoms with Gasteiger partial charge in [-0.3, -0.25) is 4.79 Å². The van der Waals surface area contributed by atoms with Crippen molar-refractivity contribution in [2.24, 2.45) is 11.1 Å². The van der Waals surface area contributed by atoms with E-state index in [9.17, 15) is 4.79 Å². The molecule has 4 nitrogen and oxygen atoms in total. The van der Waals surface area contributed by atoms with Crippen LogP contribution in [0.1, 0.15) is 26.7 Å². The highest BCUT2D eigenvalue weighted by atomic mass is 16.5. The van der Waals surface area contributed by atoms with Crippen LogP contribution in [0.4, 0.5) is 0 Å². The van der Waals surface area contributed by atoms with Crippen molar-refractivity contribution in [2.75, 3.05) is 6.61 Å². The Hall–Kier alpha value is -1.32. The molecule has 0 aromatic carbocycles. The fourth-order valence-corrected chi connectivity index (χ4v) is 1.58. The molecule has 14 heavy (non-hydrogen) atoms. The van der Waals surface area contributed by atoms with Crippen LogP contribution in [0.15, 0.2) is 16.8 Å². The molecule has 0 bridgehead atoms. The summed E-state index contributed by atoms with van der Waals surface area (Å²) in [5.41, 5.74) is 1.53. The predicted molar refractivity (Wildman–Crippen MR) is 52.3 cm³/mol. The van der Waals surface area contributed by atoms with Crippen LogP contribution in [0.25, 0.3) is 0 Å². The summed E-state index contributed by atoms with van der Waals surface area (Å²) in [4.78, 5) is 11.4. The highest BCUT2D eigenvalue weighted by Gasteiger charge is 2.25. The molecule has 0 fully saturated rings. The molecule has 4 heteroatoms. The third kappa shape index (κ3) is 2.34. The van der Waals surface area contributed by atoms with E-state index >= 15 is 0 Å². The van der Waals surface area contributed by atoms with E-state index in [2.05, 4.69) is 5.16 Å². The average Bonchev–Trinajstić information content (AvgIpc) is 2.17. The Morgan fingerprint density at radius 1 is 1.79 bits per heavy atom. The van der Waals surface area contributed by atoms with Crippen molar-refractivity contribution in [1.29, 1.82) is 0 Å². The van der Waals surface area contributed by atoms with Gasteiger partial charge in [-0.1, -0.05) is 10.7 Å². The van der Waals surface area contributed by atoms with E-state index in [1.807, 2.05) is 6.92 Å². The van der Waals surface area contributed by atoms with Crippen LogP contribution in [-0.2, 0) is 9.53 Å². The van der Waals surface area contributed by atoms with Crippen LogP contribution in [0, 0.1) is 5.92 Å². The van der Waals surface area contributed by atoms with Gasteiger partial charge in [0.05, 0.1) is 18.2 Å². The van der Waals surface area contributed by atoms with Gasteiger partial charge in [-0.25, -0.2) is 0 Å². The fraction of sp³-hybridized carbons (Fsp3) is 0.600. The molecule has 0 aliphatic heterocycles. The number of rotatable bonds is 2. The Morgan fingerprint density at radius 2 is 2.50 bits per heavy atom. The molecule has 0 saturated heterocycles. The number of ether oxygens (including phenoxy) is 1. The number of nitrogens with zero attached hydrogens (tertiary/aromatic N) is 1. The molecule has 1 atom stereocenters. The summed E-state index contributed by atoms with van der Waals surface area (Å²) in [6.07, 6.45) is 3.03. The first-order chi connectivity index (χ1) is 6.69. The van der Waals surface area contributed by atoms with Crippen molar-refractivity contribution >= 4 is 11.7 Å². The second kappa shape index (κ2) is 4.79. The summed E-state index contributed by atoms with van der Waals surface area (Å²) in [6, 6.07) is 0. The summed E-state index contributed by atoms with van der Waals surface area (Å²) in [5, 5.41) is 11.7. The largest absolute Gasteiger partial charge is 0.466 e. The third-order valence-electron chi connectivity index (χ3n) is 2.33. The minimum Gasteiger partial charge on any atom is -0.466 e. The smallest absolute Gasteiger partial charge is 0.313 e. The lowest BCUT2D eigenvalue weighted by Gasteiger charge is -2.20. The number of oxime groups is 1. The van der Waals surface area contributed by atoms with Crippen molar-refractivity contribution < 1.29 is 14.7 Å². The van der Waals surface area contributed by atoms with E-state index in [-0.39, 0.29) is 11.9 Å². The summed E-state index contributed by atoms with van der Waals surface area (Å²) in [5.74, 6) is -0.348. The number of hydrogen-bond donors (Lipinski definition) is 1. The molecule has 1 rings (SSSR count). The summed E-state index contributed by atoms with van der Waals surface area (Å²) < 4.78 is 4.94. The molecule has 1 aliphatic rings. The fourth-order valence-electron chi connectivity index (χ4n) is 1.58. The van der Waals surface area contributed by atoms with Gasteiger partial charge >= 0.3 is 5.97 Å². The van der Waals surface area contributed by atoms with Gasteiger partial charge in [-0.2, -0.15) is 0 Å². The third-order valence-corrected chi connectivity index (χ3v) is 2.33. The number of carbonyl (C=O) groups excluding carboxylic acids is 1. The van der Waals surface area contributed by atoms with Crippen LogP contribution in [0.3, 0.4) is 0 Å². The molecular formula is C10H15NO3. The van der Waals surface area contributed by atoms with Crippen molar-refractivity contribution in [3.8, 4) is 0 Å². The van der Waals surface area contributed by atoms with Crippen molar-refractivity contribution in [1.82, 2.24) is 0 Å². The van der Waals surface area contributed by atoms with Crippen LogP contribution in [-0.4, -0.2) is 23.5 Å². The lowest BCUT2D eigenvalue weighted by molar-refractivity contribution is -0.146. The number of carbonyl (C=O) groups is 1. The topological polar surface area (TPSA) is 58.9 Å². The molecule has 0 saturated carbocycles. The van der Waals surface area contributed by atoms with E-state index in [1.165, 1.54) is 0 Å². The zero-order valence-corrected chi connectivity index (χ0v) is 8.49. The van der Waals surface area contributed by atoms with E-state index in [4.69, 9.17) is 9.94 Å². The van der Waals surface area contributed by atoms with Gasteiger partial charge in [-0.05, 0) is 32.8 Å². The van der Waals surface area contributed by atoms with Crippen LogP contribution < -0.4 is 0 Å². The van der Waals surface area contributed by atoms with E-state index < -0.39 is 0 Å². The molecule has 0 aromatic heterocycles. The molecule has 78 valence electrons. The van der Waals surface area contributed by atoms with Gasteiger partial charge in [0.2, 0.25) is 0 Å². The van der Waals surface area contributed by atoms with E-state index in [1.54, 1.807) is 13.0 Å². The predicted octanol–water partition coefficient (Wildman–Crippen LogP) is 1.74. The van der Waals surface area contributed by atoms with Gasteiger partial charge in [-0.15, -0.1) is 0 Å². The Kier molecular flexibility index (Phi) is 3.68. The van der Waals surface area contributed by atoms with Crippen LogP contribution in [0.2, 0.25) is 0 Å². The molecule has 1 unspecified atom stereocenters. The molecule has 0 aromatic rings. The normalized spacial score (nSPS) is 24.6. The lowest BCUT2D eigenvalue weighted by atomic mass is 9.88.